The summed E-state index contributed by atoms with van der Waals surface area (Å²) in [7, 11) is 0. The zero-order valence-electron chi connectivity index (χ0n) is 37.9. The SMILES string of the molecule is C=CC[C@@]1(C)C[C@H](c2cccc(Cl)c2)[C@@H](c2ccc(Cl)cc2)N(C(CC)[C@@H](C)C=O)C1=O.C=CC[C@@]1(C)C[C@H](c2cccc(Cl)c2)[C@@H](c2ccc(Cl)cc2)N(C(CC)[C@H](C)C=O)C1=O. The Morgan fingerprint density at radius 1 is 0.578 bits per heavy atom. The lowest BCUT2D eigenvalue weighted by molar-refractivity contribution is -0.157. The number of hydrogen-bond donors (Lipinski definition) is 0. The summed E-state index contributed by atoms with van der Waals surface area (Å²) in [5.41, 5.74) is 2.94. The van der Waals surface area contributed by atoms with Gasteiger partial charge in [-0.15, -0.1) is 13.2 Å². The molecule has 10 heteroatoms. The second-order valence-corrected chi connectivity index (χ2v) is 19.9. The molecule has 0 bridgehead atoms. The highest BCUT2D eigenvalue weighted by Crippen LogP contribution is 2.54. The number of benzene rings is 4. The number of allylic oxidation sites excluding steroid dienone is 2. The first-order chi connectivity index (χ1) is 30.5. The van der Waals surface area contributed by atoms with E-state index in [0.29, 0.717) is 58.6 Å². The van der Waals surface area contributed by atoms with E-state index in [9.17, 15) is 19.2 Å². The van der Waals surface area contributed by atoms with Crippen LogP contribution in [0.25, 0.3) is 0 Å². The first kappa shape index (κ1) is 50.8. The lowest BCUT2D eigenvalue weighted by atomic mass is 9.66. The minimum Gasteiger partial charge on any atom is -0.331 e. The standard InChI is InChI=1S/2C27H31Cl2NO2/c2*1-5-14-27(4)16-23(20-8-7-9-22(29)15-20)25(19-10-12-21(28)13-11-19)30(26(27)32)24(6-2)18(3)17-31/h2*5,7-13,15,17-18,23-25H,1,6,14,16H2,2-4H3/t18-,23+,24?,25+,27-;18-,23-,24?,25-,27+/m01/s1. The lowest BCUT2D eigenvalue weighted by Crippen LogP contribution is -2.57. The van der Waals surface area contributed by atoms with Gasteiger partial charge in [-0.1, -0.05) is 149 Å². The van der Waals surface area contributed by atoms with E-state index < -0.39 is 10.8 Å². The maximum atomic E-state index is 14.1. The number of rotatable bonds is 16. The second-order valence-electron chi connectivity index (χ2n) is 18.2. The fraction of sp³-hybridized carbons (Fsp3) is 0.407. The molecule has 2 amide bonds. The van der Waals surface area contributed by atoms with Gasteiger partial charge >= 0.3 is 0 Å². The largest absolute Gasteiger partial charge is 0.331 e. The molecule has 2 unspecified atom stereocenters. The van der Waals surface area contributed by atoms with Crippen molar-refractivity contribution in [1.29, 1.82) is 0 Å². The summed E-state index contributed by atoms with van der Waals surface area (Å²) in [5, 5.41) is 2.62. The third-order valence-corrected chi connectivity index (χ3v) is 14.5. The molecule has 0 saturated carbocycles. The van der Waals surface area contributed by atoms with Crippen LogP contribution in [0.5, 0.6) is 0 Å². The molecule has 2 aliphatic heterocycles. The van der Waals surface area contributed by atoms with E-state index >= 15 is 0 Å². The molecule has 4 aromatic carbocycles. The molecule has 2 aliphatic rings. The van der Waals surface area contributed by atoms with Gasteiger partial charge in [-0.3, -0.25) is 9.59 Å². The van der Waals surface area contributed by atoms with Crippen molar-refractivity contribution in [3.05, 3.63) is 165 Å². The molecule has 340 valence electrons. The summed E-state index contributed by atoms with van der Waals surface area (Å²) in [4.78, 5) is 55.7. The molecule has 6 rings (SSSR count). The summed E-state index contributed by atoms with van der Waals surface area (Å²) in [6.07, 6.45) is 9.36. The molecule has 2 heterocycles. The predicted octanol–water partition coefficient (Wildman–Crippen LogP) is 14.5. The molecular weight excluding hydrogens is 882 g/mol. The number of halogens is 4. The molecular formula is C54H62Cl4N2O4. The summed E-state index contributed by atoms with van der Waals surface area (Å²) in [6, 6.07) is 30.2. The van der Waals surface area contributed by atoms with E-state index in [-0.39, 0.29) is 59.7 Å². The van der Waals surface area contributed by atoms with Crippen LogP contribution in [0.15, 0.2) is 122 Å². The third kappa shape index (κ3) is 11.1. The van der Waals surface area contributed by atoms with Gasteiger partial charge in [0.15, 0.2) is 0 Å². The summed E-state index contributed by atoms with van der Waals surface area (Å²) >= 11 is 25.1. The monoisotopic (exact) mass is 942 g/mol. The molecule has 64 heavy (non-hydrogen) atoms. The van der Waals surface area contributed by atoms with Crippen molar-refractivity contribution in [3.63, 3.8) is 0 Å². The number of carbonyl (C=O) groups is 4. The molecule has 0 radical (unpaired) electrons. The van der Waals surface area contributed by atoms with Gasteiger partial charge in [0.05, 0.1) is 22.9 Å². The maximum Gasteiger partial charge on any atom is 0.229 e. The Morgan fingerprint density at radius 2 is 0.922 bits per heavy atom. The fourth-order valence-electron chi connectivity index (χ4n) is 10.3. The number of nitrogens with zero attached hydrogens (tertiary/aromatic N) is 2. The van der Waals surface area contributed by atoms with Crippen molar-refractivity contribution in [2.45, 2.75) is 116 Å². The zero-order valence-corrected chi connectivity index (χ0v) is 40.9. The molecule has 0 N–H and O–H groups in total. The van der Waals surface area contributed by atoms with Crippen molar-refractivity contribution < 1.29 is 19.2 Å². The van der Waals surface area contributed by atoms with Crippen LogP contribution in [0, 0.1) is 22.7 Å². The number of hydrogen-bond acceptors (Lipinski definition) is 4. The first-order valence-electron chi connectivity index (χ1n) is 22.3. The van der Waals surface area contributed by atoms with E-state index in [4.69, 9.17) is 46.4 Å². The van der Waals surface area contributed by atoms with Crippen LogP contribution in [-0.4, -0.2) is 46.3 Å². The molecule has 4 aromatic rings. The first-order valence-corrected chi connectivity index (χ1v) is 23.8. The second kappa shape index (κ2) is 22.3. The van der Waals surface area contributed by atoms with Gasteiger partial charge in [0.2, 0.25) is 11.8 Å². The number of likely N-dealkylation sites (tertiary alicyclic amines) is 2. The quantitative estimate of drug-likeness (QED) is 0.0828. The summed E-state index contributed by atoms with van der Waals surface area (Å²) < 4.78 is 0. The lowest BCUT2D eigenvalue weighted by Gasteiger charge is -2.52. The Hall–Kier alpha value is -4.20. The van der Waals surface area contributed by atoms with Gasteiger partial charge in [0.1, 0.15) is 12.6 Å². The van der Waals surface area contributed by atoms with Gasteiger partial charge in [-0.05, 0) is 109 Å². The third-order valence-electron chi connectivity index (χ3n) is 13.6. The Balaban J connectivity index is 0.000000241. The Kier molecular flexibility index (Phi) is 17.7. The average Bonchev–Trinajstić information content (AvgIpc) is 3.28. The van der Waals surface area contributed by atoms with E-state index in [1.807, 2.05) is 148 Å². The highest BCUT2D eigenvalue weighted by Gasteiger charge is 2.53. The van der Waals surface area contributed by atoms with E-state index in [1.54, 1.807) is 0 Å². The molecule has 2 saturated heterocycles. The summed E-state index contributed by atoms with van der Waals surface area (Å²) in [5.74, 6) is -0.433. The smallest absolute Gasteiger partial charge is 0.229 e. The fourth-order valence-corrected chi connectivity index (χ4v) is 11.0. The van der Waals surface area contributed by atoms with Crippen LogP contribution in [-0.2, 0) is 19.2 Å². The van der Waals surface area contributed by atoms with Gasteiger partial charge < -0.3 is 19.4 Å². The van der Waals surface area contributed by atoms with Crippen LogP contribution >= 0.6 is 46.4 Å². The van der Waals surface area contributed by atoms with Gasteiger partial charge in [-0.25, -0.2) is 0 Å². The van der Waals surface area contributed by atoms with Crippen molar-refractivity contribution in [3.8, 4) is 0 Å². The van der Waals surface area contributed by atoms with E-state index in [0.717, 1.165) is 34.8 Å². The minimum absolute atomic E-state index is 0.00503. The summed E-state index contributed by atoms with van der Waals surface area (Å²) in [6.45, 7) is 19.7. The highest BCUT2D eigenvalue weighted by atomic mass is 35.5. The van der Waals surface area contributed by atoms with Crippen molar-refractivity contribution in [2.75, 3.05) is 0 Å². The molecule has 10 atom stereocenters. The van der Waals surface area contributed by atoms with Crippen LogP contribution in [0.3, 0.4) is 0 Å². The van der Waals surface area contributed by atoms with Crippen LogP contribution in [0.4, 0.5) is 0 Å². The average molecular weight is 945 g/mol. The maximum absolute atomic E-state index is 14.1. The van der Waals surface area contributed by atoms with Crippen LogP contribution < -0.4 is 0 Å². The number of aldehydes is 2. The van der Waals surface area contributed by atoms with E-state index in [1.165, 1.54) is 0 Å². The minimum atomic E-state index is -0.617. The topological polar surface area (TPSA) is 74.8 Å². The van der Waals surface area contributed by atoms with Gasteiger partial charge in [0.25, 0.3) is 0 Å². The predicted molar refractivity (Wildman–Crippen MR) is 264 cm³/mol. The van der Waals surface area contributed by atoms with Crippen LogP contribution in [0.2, 0.25) is 20.1 Å². The molecule has 0 aromatic heterocycles. The Bertz CT molecular complexity index is 2110. The van der Waals surface area contributed by atoms with Gasteiger partial charge in [0, 0.05) is 55.8 Å². The number of piperidine rings is 2. The van der Waals surface area contributed by atoms with Gasteiger partial charge in [-0.2, -0.15) is 0 Å². The van der Waals surface area contributed by atoms with Crippen molar-refractivity contribution >= 4 is 70.8 Å². The number of carbonyl (C=O) groups excluding carboxylic acids is 4. The zero-order chi connectivity index (χ0) is 46.9. The van der Waals surface area contributed by atoms with Crippen molar-refractivity contribution in [1.82, 2.24) is 9.80 Å². The Morgan fingerprint density at radius 3 is 1.20 bits per heavy atom. The molecule has 6 nitrogen and oxygen atoms in total. The molecule has 0 aliphatic carbocycles. The highest BCUT2D eigenvalue weighted by molar-refractivity contribution is 6.31. The number of amides is 2. The van der Waals surface area contributed by atoms with E-state index in [2.05, 4.69) is 25.3 Å². The normalized spacial score (nSPS) is 25.3. The Labute approximate surface area is 401 Å². The van der Waals surface area contributed by atoms with Crippen molar-refractivity contribution in [2.24, 2.45) is 22.7 Å². The molecule has 2 fully saturated rings. The van der Waals surface area contributed by atoms with Crippen LogP contribution in [0.1, 0.15) is 126 Å². The molecule has 0 spiro atoms.